The zero-order valence-corrected chi connectivity index (χ0v) is 11.8. The summed E-state index contributed by atoms with van der Waals surface area (Å²) >= 11 is 0. The van der Waals surface area contributed by atoms with Crippen LogP contribution in [-0.4, -0.2) is 20.5 Å². The monoisotopic (exact) mass is 268 g/mol. The Kier molecular flexibility index (Phi) is 3.64. The molecule has 0 amide bonds. The van der Waals surface area contributed by atoms with Crippen LogP contribution in [-0.2, 0) is 10.0 Å². The largest absolute Gasteiger partial charge is 0.382 e. The third-order valence-corrected chi connectivity index (χ3v) is 4.69. The van der Waals surface area contributed by atoms with E-state index >= 15 is 0 Å². The first-order valence-electron chi connectivity index (χ1n) is 6.27. The second kappa shape index (κ2) is 4.90. The predicted octanol–water partition coefficient (Wildman–Crippen LogP) is 2.19. The SMILES string of the molecule is CC(C)NS(=O)(=O)c1ccc(NC2CC2C)cc1. The summed E-state index contributed by atoms with van der Waals surface area (Å²) in [6, 6.07) is 7.36. The van der Waals surface area contributed by atoms with Crippen LogP contribution in [0.3, 0.4) is 0 Å². The lowest BCUT2D eigenvalue weighted by Crippen LogP contribution is -2.30. The highest BCUT2D eigenvalue weighted by Gasteiger charge is 2.32. The van der Waals surface area contributed by atoms with Gasteiger partial charge in [-0.2, -0.15) is 0 Å². The number of sulfonamides is 1. The Morgan fingerprint density at radius 1 is 1.22 bits per heavy atom. The van der Waals surface area contributed by atoms with Crippen molar-refractivity contribution >= 4 is 15.7 Å². The normalized spacial score (nSPS) is 23.1. The molecular weight excluding hydrogens is 248 g/mol. The Labute approximate surface area is 109 Å². The molecule has 2 N–H and O–H groups in total. The first-order valence-corrected chi connectivity index (χ1v) is 7.76. The van der Waals surface area contributed by atoms with Gasteiger partial charge >= 0.3 is 0 Å². The summed E-state index contributed by atoms with van der Waals surface area (Å²) < 4.78 is 26.4. The van der Waals surface area contributed by atoms with E-state index in [1.165, 1.54) is 6.42 Å². The van der Waals surface area contributed by atoms with Crippen molar-refractivity contribution in [2.24, 2.45) is 5.92 Å². The average molecular weight is 268 g/mol. The van der Waals surface area contributed by atoms with Crippen LogP contribution in [0.1, 0.15) is 27.2 Å². The molecule has 2 rings (SSSR count). The minimum absolute atomic E-state index is 0.0971. The smallest absolute Gasteiger partial charge is 0.240 e. The van der Waals surface area contributed by atoms with E-state index in [1.54, 1.807) is 12.1 Å². The van der Waals surface area contributed by atoms with Gasteiger partial charge in [-0.1, -0.05) is 6.92 Å². The molecule has 0 spiro atoms. The number of anilines is 1. The quantitative estimate of drug-likeness (QED) is 0.860. The van der Waals surface area contributed by atoms with Gasteiger partial charge in [0.15, 0.2) is 0 Å². The van der Waals surface area contributed by atoms with Crippen LogP contribution >= 0.6 is 0 Å². The van der Waals surface area contributed by atoms with Crippen LogP contribution in [0.5, 0.6) is 0 Å². The molecule has 1 fully saturated rings. The fourth-order valence-corrected chi connectivity index (χ4v) is 3.10. The molecule has 0 saturated heterocycles. The minimum Gasteiger partial charge on any atom is -0.382 e. The first-order chi connectivity index (χ1) is 8.38. The molecule has 1 aliphatic carbocycles. The molecule has 1 aliphatic rings. The van der Waals surface area contributed by atoms with E-state index in [0.29, 0.717) is 10.9 Å². The highest BCUT2D eigenvalue weighted by Crippen LogP contribution is 2.32. The highest BCUT2D eigenvalue weighted by molar-refractivity contribution is 7.89. The van der Waals surface area contributed by atoms with E-state index in [-0.39, 0.29) is 6.04 Å². The number of hydrogen-bond acceptors (Lipinski definition) is 3. The van der Waals surface area contributed by atoms with E-state index < -0.39 is 10.0 Å². The molecule has 0 aromatic heterocycles. The number of rotatable bonds is 5. The summed E-state index contributed by atoms with van der Waals surface area (Å²) in [7, 11) is -3.38. The minimum atomic E-state index is -3.38. The molecule has 4 nitrogen and oxygen atoms in total. The van der Waals surface area contributed by atoms with Gasteiger partial charge in [-0.05, 0) is 50.5 Å². The van der Waals surface area contributed by atoms with Gasteiger partial charge in [-0.3, -0.25) is 0 Å². The van der Waals surface area contributed by atoms with Gasteiger partial charge in [0.1, 0.15) is 0 Å². The van der Waals surface area contributed by atoms with E-state index in [1.807, 2.05) is 26.0 Å². The van der Waals surface area contributed by atoms with Gasteiger partial charge in [-0.25, -0.2) is 13.1 Å². The summed E-state index contributed by atoms with van der Waals surface area (Å²) in [5.74, 6) is 0.719. The van der Waals surface area contributed by atoms with Gasteiger partial charge in [0, 0.05) is 17.8 Å². The topological polar surface area (TPSA) is 58.2 Å². The fraction of sp³-hybridized carbons (Fsp3) is 0.538. The Balaban J connectivity index is 2.07. The summed E-state index contributed by atoms with van der Waals surface area (Å²) in [5.41, 5.74) is 0.979. The third kappa shape index (κ3) is 3.23. The van der Waals surface area contributed by atoms with Crippen molar-refractivity contribution in [1.29, 1.82) is 0 Å². The number of nitrogens with one attached hydrogen (secondary N) is 2. The van der Waals surface area contributed by atoms with E-state index in [0.717, 1.165) is 11.6 Å². The summed E-state index contributed by atoms with van der Waals surface area (Å²) in [4.78, 5) is 0.311. The summed E-state index contributed by atoms with van der Waals surface area (Å²) in [5, 5.41) is 3.37. The Morgan fingerprint density at radius 3 is 2.22 bits per heavy atom. The van der Waals surface area contributed by atoms with E-state index in [9.17, 15) is 8.42 Å². The van der Waals surface area contributed by atoms with Crippen LogP contribution in [0.4, 0.5) is 5.69 Å². The van der Waals surface area contributed by atoms with Gasteiger partial charge in [0.05, 0.1) is 4.90 Å². The van der Waals surface area contributed by atoms with Crippen molar-refractivity contribution in [1.82, 2.24) is 4.72 Å². The summed E-state index contributed by atoms with van der Waals surface area (Å²) in [6.07, 6.45) is 1.19. The van der Waals surface area contributed by atoms with E-state index in [2.05, 4.69) is 17.0 Å². The van der Waals surface area contributed by atoms with Crippen LogP contribution < -0.4 is 10.0 Å². The Morgan fingerprint density at radius 2 is 1.78 bits per heavy atom. The van der Waals surface area contributed by atoms with Crippen molar-refractivity contribution in [2.75, 3.05) is 5.32 Å². The van der Waals surface area contributed by atoms with Crippen LogP contribution in [0, 0.1) is 5.92 Å². The maximum absolute atomic E-state index is 11.9. The lowest BCUT2D eigenvalue weighted by Gasteiger charge is -2.10. The Hall–Kier alpha value is -1.07. The molecule has 100 valence electrons. The van der Waals surface area contributed by atoms with Crippen molar-refractivity contribution in [3.05, 3.63) is 24.3 Å². The standard InChI is InChI=1S/C13H20N2O2S/c1-9(2)15-18(16,17)12-6-4-11(5-7-12)14-13-8-10(13)3/h4-7,9-10,13-15H,8H2,1-3H3. The van der Waals surface area contributed by atoms with Crippen molar-refractivity contribution in [3.63, 3.8) is 0 Å². The van der Waals surface area contributed by atoms with Crippen molar-refractivity contribution in [3.8, 4) is 0 Å². The molecule has 0 bridgehead atoms. The predicted molar refractivity (Wildman–Crippen MR) is 73.1 cm³/mol. The maximum atomic E-state index is 11.9. The number of benzene rings is 1. The molecule has 0 heterocycles. The highest BCUT2D eigenvalue weighted by atomic mass is 32.2. The molecule has 1 aromatic carbocycles. The molecule has 0 aliphatic heterocycles. The van der Waals surface area contributed by atoms with Crippen molar-refractivity contribution in [2.45, 2.75) is 44.2 Å². The maximum Gasteiger partial charge on any atom is 0.240 e. The van der Waals surface area contributed by atoms with Gasteiger partial charge in [0.25, 0.3) is 0 Å². The Bertz CT molecular complexity index is 508. The molecule has 1 saturated carbocycles. The molecule has 2 unspecified atom stereocenters. The van der Waals surface area contributed by atoms with E-state index in [4.69, 9.17) is 0 Å². The molecule has 0 radical (unpaired) electrons. The second-order valence-electron chi connectivity index (χ2n) is 5.26. The zero-order chi connectivity index (χ0) is 13.3. The molecule has 2 atom stereocenters. The third-order valence-electron chi connectivity index (χ3n) is 3.02. The van der Waals surface area contributed by atoms with Gasteiger partial charge < -0.3 is 5.32 Å². The van der Waals surface area contributed by atoms with Gasteiger partial charge in [-0.15, -0.1) is 0 Å². The summed E-state index contributed by atoms with van der Waals surface area (Å²) in [6.45, 7) is 5.81. The first kappa shape index (κ1) is 13.4. The van der Waals surface area contributed by atoms with Gasteiger partial charge in [0.2, 0.25) is 10.0 Å². The molecule has 5 heteroatoms. The van der Waals surface area contributed by atoms with Crippen LogP contribution in [0.25, 0.3) is 0 Å². The zero-order valence-electron chi connectivity index (χ0n) is 11.0. The van der Waals surface area contributed by atoms with Crippen LogP contribution in [0.2, 0.25) is 0 Å². The number of hydrogen-bond donors (Lipinski definition) is 2. The average Bonchev–Trinajstić information content (AvgIpc) is 2.93. The lowest BCUT2D eigenvalue weighted by molar-refractivity contribution is 0.570. The van der Waals surface area contributed by atoms with Crippen molar-refractivity contribution < 1.29 is 8.42 Å². The molecule has 18 heavy (non-hydrogen) atoms. The molecular formula is C13H20N2O2S. The van der Waals surface area contributed by atoms with Crippen LogP contribution in [0.15, 0.2) is 29.2 Å². The second-order valence-corrected chi connectivity index (χ2v) is 6.98. The fourth-order valence-electron chi connectivity index (χ4n) is 1.85. The molecule has 1 aromatic rings. The lowest BCUT2D eigenvalue weighted by atomic mass is 10.3.